The Balaban J connectivity index is 1.64. The van der Waals surface area contributed by atoms with Gasteiger partial charge in [0.2, 0.25) is 0 Å². The predicted octanol–water partition coefficient (Wildman–Crippen LogP) is 3.60. The maximum Gasteiger partial charge on any atom is 0.146 e. The average molecular weight is 339 g/mol. The van der Waals surface area contributed by atoms with Crippen LogP contribution in [0, 0.1) is 0 Å². The monoisotopic (exact) mass is 338 g/mol. The van der Waals surface area contributed by atoms with E-state index in [1.54, 1.807) is 11.3 Å². The van der Waals surface area contributed by atoms with Crippen LogP contribution in [0.1, 0.15) is 10.4 Å². The lowest BCUT2D eigenvalue weighted by Crippen LogP contribution is -2.20. The molecule has 0 fully saturated rings. The molecule has 1 aliphatic heterocycles. The molecule has 0 saturated heterocycles. The van der Waals surface area contributed by atoms with Crippen LogP contribution in [0.5, 0.6) is 5.75 Å². The molecule has 100 valence electrons. The van der Waals surface area contributed by atoms with Gasteiger partial charge in [-0.15, -0.1) is 11.3 Å². The number of ether oxygens (including phenoxy) is 1. The number of halogens is 1. The molecule has 3 nitrogen and oxygen atoms in total. The summed E-state index contributed by atoms with van der Waals surface area (Å²) in [5, 5.41) is 8.93. The molecule has 0 amide bonds. The molecule has 2 N–H and O–H groups in total. The Morgan fingerprint density at radius 3 is 3.16 bits per heavy atom. The fraction of sp³-hybridized carbons (Fsp3) is 0.286. The molecular weight excluding hydrogens is 324 g/mol. The molecule has 1 aromatic carbocycles. The van der Waals surface area contributed by atoms with Crippen LogP contribution in [0.3, 0.4) is 0 Å². The van der Waals surface area contributed by atoms with Crippen molar-refractivity contribution in [3.8, 4) is 5.75 Å². The van der Waals surface area contributed by atoms with Gasteiger partial charge in [-0.1, -0.05) is 12.1 Å². The maximum atomic E-state index is 5.75. The van der Waals surface area contributed by atoms with Gasteiger partial charge < -0.3 is 15.4 Å². The van der Waals surface area contributed by atoms with Crippen molar-refractivity contribution in [2.24, 2.45) is 0 Å². The van der Waals surface area contributed by atoms with E-state index in [4.69, 9.17) is 4.74 Å². The van der Waals surface area contributed by atoms with Crippen LogP contribution in [-0.4, -0.2) is 13.2 Å². The van der Waals surface area contributed by atoms with Gasteiger partial charge in [0.25, 0.3) is 0 Å². The lowest BCUT2D eigenvalue weighted by molar-refractivity contribution is 0.319. The smallest absolute Gasteiger partial charge is 0.146 e. The van der Waals surface area contributed by atoms with Crippen molar-refractivity contribution in [1.82, 2.24) is 5.32 Å². The molecule has 0 unspecified atom stereocenters. The van der Waals surface area contributed by atoms with Gasteiger partial charge in [-0.2, -0.15) is 0 Å². The highest BCUT2D eigenvalue weighted by Gasteiger charge is 2.13. The van der Waals surface area contributed by atoms with Crippen LogP contribution in [0.25, 0.3) is 0 Å². The van der Waals surface area contributed by atoms with Gasteiger partial charge in [0.15, 0.2) is 0 Å². The Kier molecular flexibility index (Phi) is 4.06. The fourth-order valence-corrected chi connectivity index (χ4v) is 3.56. The standard InChI is InChI=1S/C14H15BrN2OS/c15-11-6-12(19-9-11)8-16-7-10-2-1-3-13-14(10)18-5-4-17-13/h1-3,6,9,16-17H,4-5,7-8H2. The summed E-state index contributed by atoms with van der Waals surface area (Å²) in [7, 11) is 0. The van der Waals surface area contributed by atoms with Gasteiger partial charge in [0.1, 0.15) is 12.4 Å². The number of hydrogen-bond donors (Lipinski definition) is 2. The Bertz CT molecular complexity index is 570. The molecule has 0 saturated carbocycles. The molecule has 0 atom stereocenters. The van der Waals surface area contributed by atoms with E-state index in [0.717, 1.165) is 42.2 Å². The molecular formula is C14H15BrN2OS. The lowest BCUT2D eigenvalue weighted by atomic mass is 10.1. The summed E-state index contributed by atoms with van der Waals surface area (Å²) in [4.78, 5) is 1.33. The first-order valence-corrected chi connectivity index (χ1v) is 7.92. The zero-order chi connectivity index (χ0) is 13.1. The minimum absolute atomic E-state index is 0.738. The summed E-state index contributed by atoms with van der Waals surface area (Å²) < 4.78 is 6.91. The lowest BCUT2D eigenvalue weighted by Gasteiger charge is -2.21. The number of anilines is 1. The molecule has 19 heavy (non-hydrogen) atoms. The molecule has 0 bridgehead atoms. The van der Waals surface area contributed by atoms with Gasteiger partial charge in [0, 0.05) is 39.9 Å². The Morgan fingerprint density at radius 1 is 1.37 bits per heavy atom. The van der Waals surface area contributed by atoms with Gasteiger partial charge in [-0.3, -0.25) is 0 Å². The predicted molar refractivity (Wildman–Crippen MR) is 83.0 cm³/mol. The van der Waals surface area contributed by atoms with E-state index in [2.05, 4.69) is 56.2 Å². The van der Waals surface area contributed by atoms with Gasteiger partial charge in [-0.05, 0) is 28.1 Å². The Hall–Kier alpha value is -1.04. The highest BCUT2D eigenvalue weighted by atomic mass is 79.9. The number of fused-ring (bicyclic) bond motifs is 1. The summed E-state index contributed by atoms with van der Waals surface area (Å²) in [6, 6.07) is 8.40. The first-order chi connectivity index (χ1) is 9.33. The second-order valence-electron chi connectivity index (χ2n) is 4.40. The summed E-state index contributed by atoms with van der Waals surface area (Å²) in [5.41, 5.74) is 2.31. The number of rotatable bonds is 4. The summed E-state index contributed by atoms with van der Waals surface area (Å²) in [6.07, 6.45) is 0. The van der Waals surface area contributed by atoms with E-state index in [9.17, 15) is 0 Å². The van der Waals surface area contributed by atoms with Crippen molar-refractivity contribution in [2.45, 2.75) is 13.1 Å². The van der Waals surface area contributed by atoms with Crippen molar-refractivity contribution >= 4 is 33.0 Å². The van der Waals surface area contributed by atoms with Gasteiger partial charge >= 0.3 is 0 Å². The third kappa shape index (κ3) is 3.11. The topological polar surface area (TPSA) is 33.3 Å². The fourth-order valence-electron chi connectivity index (χ4n) is 2.14. The number of para-hydroxylation sites is 1. The number of nitrogens with one attached hydrogen (secondary N) is 2. The normalized spacial score (nSPS) is 13.5. The van der Waals surface area contributed by atoms with Crippen molar-refractivity contribution < 1.29 is 4.74 Å². The number of thiophene rings is 1. The van der Waals surface area contributed by atoms with E-state index < -0.39 is 0 Å². The minimum Gasteiger partial charge on any atom is -0.489 e. The molecule has 1 aromatic heterocycles. The molecule has 5 heteroatoms. The minimum atomic E-state index is 0.738. The van der Waals surface area contributed by atoms with Crippen LogP contribution in [0.15, 0.2) is 34.1 Å². The van der Waals surface area contributed by atoms with Crippen molar-refractivity contribution in [3.63, 3.8) is 0 Å². The second kappa shape index (κ2) is 5.94. The summed E-state index contributed by atoms with van der Waals surface area (Å²) >= 11 is 5.23. The van der Waals surface area contributed by atoms with E-state index in [0.29, 0.717) is 0 Å². The second-order valence-corrected chi connectivity index (χ2v) is 6.32. The molecule has 2 heterocycles. The third-order valence-corrected chi connectivity index (χ3v) is 4.69. The van der Waals surface area contributed by atoms with Crippen LogP contribution >= 0.6 is 27.3 Å². The van der Waals surface area contributed by atoms with Crippen LogP contribution in [0.4, 0.5) is 5.69 Å². The van der Waals surface area contributed by atoms with E-state index >= 15 is 0 Å². The first-order valence-electron chi connectivity index (χ1n) is 6.25. The first kappa shape index (κ1) is 13.0. The van der Waals surface area contributed by atoms with Crippen molar-refractivity contribution in [2.75, 3.05) is 18.5 Å². The highest BCUT2D eigenvalue weighted by molar-refractivity contribution is 9.10. The van der Waals surface area contributed by atoms with Gasteiger partial charge in [-0.25, -0.2) is 0 Å². The Morgan fingerprint density at radius 2 is 2.32 bits per heavy atom. The van der Waals surface area contributed by atoms with Crippen molar-refractivity contribution in [3.05, 3.63) is 44.6 Å². The van der Waals surface area contributed by atoms with E-state index in [1.165, 1.54) is 10.4 Å². The molecule has 3 rings (SSSR count). The van der Waals surface area contributed by atoms with E-state index in [-0.39, 0.29) is 0 Å². The van der Waals surface area contributed by atoms with Crippen LogP contribution < -0.4 is 15.4 Å². The zero-order valence-electron chi connectivity index (χ0n) is 10.4. The SMILES string of the molecule is Brc1csc(CNCc2cccc3c2OCCN3)c1. The van der Waals surface area contributed by atoms with E-state index in [1.807, 2.05) is 0 Å². The maximum absolute atomic E-state index is 5.75. The third-order valence-electron chi connectivity index (χ3n) is 3.00. The van der Waals surface area contributed by atoms with Crippen LogP contribution in [0.2, 0.25) is 0 Å². The molecule has 2 aromatic rings. The average Bonchev–Trinajstić information content (AvgIpc) is 2.85. The van der Waals surface area contributed by atoms with Gasteiger partial charge in [0.05, 0.1) is 5.69 Å². The molecule has 1 aliphatic rings. The number of hydrogen-bond acceptors (Lipinski definition) is 4. The number of benzene rings is 1. The van der Waals surface area contributed by atoms with Crippen LogP contribution in [-0.2, 0) is 13.1 Å². The molecule has 0 radical (unpaired) electrons. The Labute approximate surface area is 125 Å². The largest absolute Gasteiger partial charge is 0.489 e. The van der Waals surface area contributed by atoms with Crippen molar-refractivity contribution in [1.29, 1.82) is 0 Å². The summed E-state index contributed by atoms with van der Waals surface area (Å²) in [6.45, 7) is 3.32. The highest BCUT2D eigenvalue weighted by Crippen LogP contribution is 2.31. The molecule has 0 aliphatic carbocycles. The summed E-state index contributed by atoms with van der Waals surface area (Å²) in [5.74, 6) is 0.994. The molecule has 0 spiro atoms. The quantitative estimate of drug-likeness (QED) is 0.893. The zero-order valence-corrected chi connectivity index (χ0v) is 12.8.